The summed E-state index contributed by atoms with van der Waals surface area (Å²) in [5, 5.41) is 0. The van der Waals surface area contributed by atoms with Gasteiger partial charge in [0.2, 0.25) is 12.3 Å². The van der Waals surface area contributed by atoms with Gasteiger partial charge in [0, 0.05) is 17.7 Å². The lowest BCUT2D eigenvalue weighted by Gasteiger charge is -2.03. The number of benzene rings is 2. The summed E-state index contributed by atoms with van der Waals surface area (Å²) in [6.07, 6.45) is 4.76. The van der Waals surface area contributed by atoms with Gasteiger partial charge in [-0.15, -0.1) is 0 Å². The second-order valence-electron chi connectivity index (χ2n) is 5.68. The van der Waals surface area contributed by atoms with Crippen LogP contribution in [0.2, 0.25) is 0 Å². The monoisotopic (exact) mass is 286 g/mol. The van der Waals surface area contributed by atoms with Crippen molar-refractivity contribution in [3.8, 4) is 11.1 Å². The zero-order valence-electron chi connectivity index (χ0n) is 12.2. The molecule has 0 spiro atoms. The Labute approximate surface area is 129 Å². The first kappa shape index (κ1) is 13.0. The number of nitrogens with zero attached hydrogens (tertiary/aromatic N) is 1. The number of hydrogen-bond acceptors (Lipinski definition) is 1. The topological polar surface area (TPSA) is 20.9 Å². The molecule has 0 N–H and O–H groups in total. The summed E-state index contributed by atoms with van der Waals surface area (Å²) >= 11 is 0. The minimum Gasteiger partial charge on any atom is -0.287 e. The number of aromatic nitrogens is 1. The van der Waals surface area contributed by atoms with Crippen LogP contribution in [0.1, 0.15) is 21.5 Å². The second kappa shape index (κ2) is 5.23. The van der Waals surface area contributed by atoms with Gasteiger partial charge in [-0.1, -0.05) is 42.5 Å². The molecule has 1 aromatic heterocycles. The van der Waals surface area contributed by atoms with E-state index in [2.05, 4.69) is 36.4 Å². The predicted octanol–water partition coefficient (Wildman–Crippen LogP) is 3.43. The van der Waals surface area contributed by atoms with Crippen molar-refractivity contribution in [1.29, 1.82) is 0 Å². The van der Waals surface area contributed by atoms with Crippen molar-refractivity contribution in [1.82, 2.24) is 0 Å². The highest BCUT2D eigenvalue weighted by Gasteiger charge is 2.20. The first-order valence-corrected chi connectivity index (χ1v) is 7.50. The molecule has 0 saturated carbocycles. The van der Waals surface area contributed by atoms with Crippen molar-refractivity contribution in [2.45, 2.75) is 13.0 Å². The Balaban J connectivity index is 1.63. The van der Waals surface area contributed by atoms with Crippen LogP contribution in [-0.4, -0.2) is 5.78 Å². The summed E-state index contributed by atoms with van der Waals surface area (Å²) in [6, 6.07) is 20.4. The number of fused-ring (bicyclic) bond motifs is 3. The Hall–Kier alpha value is -2.74. The lowest BCUT2D eigenvalue weighted by atomic mass is 10.0. The molecule has 3 aromatic rings. The summed E-state index contributed by atoms with van der Waals surface area (Å²) in [7, 11) is 0. The number of hydrogen-bond donors (Lipinski definition) is 0. The number of carbonyl (C=O) groups excluding carboxylic acids is 1. The molecule has 0 amide bonds. The highest BCUT2D eigenvalue weighted by Crippen LogP contribution is 2.36. The molecule has 4 rings (SSSR count). The van der Waals surface area contributed by atoms with Crippen LogP contribution in [0.15, 0.2) is 73.1 Å². The standard InChI is InChI=1S/C20H16NO/c22-20(14-21-10-4-1-5-11-21)16-8-9-19-17(13-16)12-15-6-2-3-7-18(15)19/h1-11,13H,12,14H2/q+1. The molecule has 22 heavy (non-hydrogen) atoms. The summed E-state index contributed by atoms with van der Waals surface area (Å²) in [4.78, 5) is 12.5. The van der Waals surface area contributed by atoms with E-state index in [1.807, 2.05) is 41.2 Å². The van der Waals surface area contributed by atoms with E-state index in [1.54, 1.807) is 0 Å². The van der Waals surface area contributed by atoms with Crippen LogP contribution >= 0.6 is 0 Å². The summed E-state index contributed by atoms with van der Waals surface area (Å²) in [5.41, 5.74) is 5.96. The average Bonchev–Trinajstić information content (AvgIpc) is 2.93. The maximum Gasteiger partial charge on any atom is 0.227 e. The van der Waals surface area contributed by atoms with Crippen molar-refractivity contribution in [3.05, 3.63) is 89.7 Å². The average molecular weight is 286 g/mol. The van der Waals surface area contributed by atoms with Gasteiger partial charge in [0.1, 0.15) is 0 Å². The minimum absolute atomic E-state index is 0.148. The molecule has 106 valence electrons. The molecule has 2 heteroatoms. The van der Waals surface area contributed by atoms with E-state index in [0.29, 0.717) is 6.54 Å². The molecule has 0 aliphatic heterocycles. The Morgan fingerprint density at radius 3 is 2.50 bits per heavy atom. The van der Waals surface area contributed by atoms with Crippen molar-refractivity contribution >= 4 is 5.78 Å². The van der Waals surface area contributed by atoms with Gasteiger partial charge >= 0.3 is 0 Å². The first-order chi connectivity index (χ1) is 10.8. The number of Topliss-reactive ketones (excluding diaryl/α,β-unsaturated/α-hetero) is 1. The van der Waals surface area contributed by atoms with E-state index >= 15 is 0 Å². The van der Waals surface area contributed by atoms with Crippen molar-refractivity contribution in [2.24, 2.45) is 0 Å². The van der Waals surface area contributed by atoms with E-state index in [4.69, 9.17) is 0 Å². The third kappa shape index (κ3) is 2.23. The fraction of sp³-hybridized carbons (Fsp3) is 0.100. The fourth-order valence-electron chi connectivity index (χ4n) is 3.12. The second-order valence-corrected chi connectivity index (χ2v) is 5.68. The van der Waals surface area contributed by atoms with E-state index in [-0.39, 0.29) is 5.78 Å². The Morgan fingerprint density at radius 2 is 1.64 bits per heavy atom. The zero-order valence-corrected chi connectivity index (χ0v) is 12.2. The van der Waals surface area contributed by atoms with Gasteiger partial charge in [0.15, 0.2) is 12.4 Å². The van der Waals surface area contributed by atoms with Crippen molar-refractivity contribution in [3.63, 3.8) is 0 Å². The minimum atomic E-state index is 0.148. The van der Waals surface area contributed by atoms with Gasteiger partial charge in [0.25, 0.3) is 0 Å². The molecule has 0 atom stereocenters. The van der Waals surface area contributed by atoms with Crippen LogP contribution in [0, 0.1) is 0 Å². The van der Waals surface area contributed by atoms with Crippen LogP contribution in [0.4, 0.5) is 0 Å². The number of carbonyl (C=O) groups is 1. The molecule has 1 heterocycles. The Kier molecular flexibility index (Phi) is 3.08. The third-order valence-electron chi connectivity index (χ3n) is 4.22. The molecule has 2 nitrogen and oxygen atoms in total. The maximum absolute atomic E-state index is 12.5. The fourth-order valence-corrected chi connectivity index (χ4v) is 3.12. The van der Waals surface area contributed by atoms with E-state index in [9.17, 15) is 4.79 Å². The van der Waals surface area contributed by atoms with Crippen molar-refractivity contribution in [2.75, 3.05) is 0 Å². The molecular formula is C20H16NO+. The first-order valence-electron chi connectivity index (χ1n) is 7.50. The van der Waals surface area contributed by atoms with Crippen LogP contribution in [0.25, 0.3) is 11.1 Å². The summed E-state index contributed by atoms with van der Waals surface area (Å²) in [6.45, 7) is 0.382. The zero-order chi connectivity index (χ0) is 14.9. The summed E-state index contributed by atoms with van der Waals surface area (Å²) in [5.74, 6) is 0.148. The van der Waals surface area contributed by atoms with Gasteiger partial charge in [0.05, 0.1) is 0 Å². The smallest absolute Gasteiger partial charge is 0.227 e. The van der Waals surface area contributed by atoms with Crippen LogP contribution in [-0.2, 0) is 13.0 Å². The Bertz CT molecular complexity index is 853. The van der Waals surface area contributed by atoms with E-state index in [1.165, 1.54) is 22.3 Å². The van der Waals surface area contributed by atoms with Crippen LogP contribution in [0.5, 0.6) is 0 Å². The highest BCUT2D eigenvalue weighted by atomic mass is 16.1. The van der Waals surface area contributed by atoms with Gasteiger partial charge in [-0.2, -0.15) is 4.57 Å². The Morgan fingerprint density at radius 1 is 0.864 bits per heavy atom. The van der Waals surface area contributed by atoms with Gasteiger partial charge in [-0.3, -0.25) is 4.79 Å². The molecule has 0 saturated heterocycles. The predicted molar refractivity (Wildman–Crippen MR) is 85.7 cm³/mol. The quantitative estimate of drug-likeness (QED) is 0.417. The highest BCUT2D eigenvalue weighted by molar-refractivity contribution is 5.96. The molecular weight excluding hydrogens is 270 g/mol. The van der Waals surface area contributed by atoms with Gasteiger partial charge < -0.3 is 0 Å². The largest absolute Gasteiger partial charge is 0.287 e. The van der Waals surface area contributed by atoms with Crippen molar-refractivity contribution < 1.29 is 9.36 Å². The van der Waals surface area contributed by atoms with Crippen LogP contribution in [0.3, 0.4) is 0 Å². The molecule has 1 aliphatic carbocycles. The number of pyridine rings is 1. The lowest BCUT2D eigenvalue weighted by Crippen LogP contribution is -2.36. The summed E-state index contributed by atoms with van der Waals surface area (Å²) < 4.78 is 1.91. The molecule has 0 radical (unpaired) electrons. The third-order valence-corrected chi connectivity index (χ3v) is 4.22. The van der Waals surface area contributed by atoms with Gasteiger partial charge in [-0.05, 0) is 34.7 Å². The molecule has 0 unspecified atom stereocenters. The number of ketones is 1. The molecule has 0 fully saturated rings. The van der Waals surface area contributed by atoms with E-state index in [0.717, 1.165) is 12.0 Å². The maximum atomic E-state index is 12.5. The molecule has 2 aromatic carbocycles. The van der Waals surface area contributed by atoms with Crippen LogP contribution < -0.4 is 4.57 Å². The van der Waals surface area contributed by atoms with E-state index < -0.39 is 0 Å². The normalized spacial score (nSPS) is 11.8. The number of rotatable bonds is 3. The molecule has 1 aliphatic rings. The van der Waals surface area contributed by atoms with Gasteiger partial charge in [-0.25, -0.2) is 0 Å². The molecule has 0 bridgehead atoms. The SMILES string of the molecule is O=C(C[n+]1ccccc1)c1ccc2c(c1)Cc1ccccc1-2. The lowest BCUT2D eigenvalue weighted by molar-refractivity contribution is -0.683.